The molecule has 1 heterocycles. The number of likely N-dealkylation sites (tertiary alicyclic amines) is 1. The molecule has 2 aliphatic rings. The van der Waals surface area contributed by atoms with Crippen molar-refractivity contribution in [3.8, 4) is 0 Å². The third-order valence-corrected chi connectivity index (χ3v) is 7.71. The summed E-state index contributed by atoms with van der Waals surface area (Å²) in [5.41, 5.74) is 2.89. The minimum absolute atomic E-state index is 0.0228. The number of rotatable bonds is 5. The Hall–Kier alpha value is -3.94. The second-order valence-electron chi connectivity index (χ2n) is 11.6. The van der Waals surface area contributed by atoms with Crippen LogP contribution in [0.5, 0.6) is 0 Å². The molecule has 0 spiro atoms. The molecule has 40 heavy (non-hydrogen) atoms. The Kier molecular flexibility index (Phi) is 8.76. The van der Waals surface area contributed by atoms with Crippen LogP contribution in [0, 0.1) is 24.6 Å². The number of methoxy groups -OCH3 is 1. The number of allylic oxidation sites excluding steroid dienone is 3. The Morgan fingerprint density at radius 3 is 2.52 bits per heavy atom. The molecule has 1 aliphatic heterocycles. The smallest absolute Gasteiger partial charge is 0.411 e. The van der Waals surface area contributed by atoms with Gasteiger partial charge in [0.15, 0.2) is 0 Å². The van der Waals surface area contributed by atoms with Gasteiger partial charge in [-0.2, -0.15) is 0 Å². The molecule has 3 amide bonds. The van der Waals surface area contributed by atoms with Crippen LogP contribution in [-0.2, 0) is 14.9 Å². The maximum Gasteiger partial charge on any atom is 0.411 e. The molecule has 2 aromatic rings. The highest BCUT2D eigenvalue weighted by Gasteiger charge is 2.43. The van der Waals surface area contributed by atoms with Gasteiger partial charge in [-0.05, 0) is 67.0 Å². The normalized spacial score (nSPS) is 20.9. The fourth-order valence-electron chi connectivity index (χ4n) is 5.63. The van der Waals surface area contributed by atoms with Gasteiger partial charge in [0.05, 0.1) is 24.6 Å². The van der Waals surface area contributed by atoms with Crippen LogP contribution in [0.15, 0.2) is 66.4 Å². The highest BCUT2D eigenvalue weighted by atomic mass is 19.1. The number of nitrogens with zero attached hydrogens (tertiary/aromatic N) is 1. The van der Waals surface area contributed by atoms with E-state index in [-0.39, 0.29) is 22.8 Å². The van der Waals surface area contributed by atoms with E-state index in [0.29, 0.717) is 42.8 Å². The number of hydrogen-bond acceptors (Lipinski definition) is 4. The van der Waals surface area contributed by atoms with Gasteiger partial charge in [0.25, 0.3) is 5.91 Å². The molecule has 0 bridgehead atoms. The second kappa shape index (κ2) is 12.1. The van der Waals surface area contributed by atoms with Crippen LogP contribution in [0.2, 0.25) is 0 Å². The third kappa shape index (κ3) is 6.43. The van der Waals surface area contributed by atoms with Crippen LogP contribution >= 0.6 is 0 Å². The van der Waals surface area contributed by atoms with E-state index < -0.39 is 29.8 Å². The number of anilines is 1. The molecule has 8 heteroatoms. The quantitative estimate of drug-likeness (QED) is 0.473. The largest absolute Gasteiger partial charge is 0.453 e. The van der Waals surface area contributed by atoms with Crippen LogP contribution in [0.25, 0.3) is 0 Å². The molecule has 1 unspecified atom stereocenters. The van der Waals surface area contributed by atoms with Crippen LogP contribution in [0.4, 0.5) is 14.9 Å². The number of benzene rings is 2. The van der Waals surface area contributed by atoms with Gasteiger partial charge >= 0.3 is 6.09 Å². The Morgan fingerprint density at radius 2 is 1.82 bits per heavy atom. The molecule has 0 saturated carbocycles. The summed E-state index contributed by atoms with van der Waals surface area (Å²) < 4.78 is 19.7. The Bertz CT molecular complexity index is 1320. The van der Waals surface area contributed by atoms with Crippen molar-refractivity contribution < 1.29 is 23.5 Å². The van der Waals surface area contributed by atoms with E-state index in [0.717, 1.165) is 5.56 Å². The van der Waals surface area contributed by atoms with E-state index in [1.807, 2.05) is 36.4 Å². The summed E-state index contributed by atoms with van der Waals surface area (Å²) in [4.78, 5) is 41.3. The zero-order chi connectivity index (χ0) is 29.0. The molecule has 0 aromatic heterocycles. The third-order valence-electron chi connectivity index (χ3n) is 7.71. The van der Waals surface area contributed by atoms with Crippen LogP contribution in [-0.4, -0.2) is 42.5 Å². The lowest BCUT2D eigenvalue weighted by Gasteiger charge is -2.45. The van der Waals surface area contributed by atoms with E-state index in [1.165, 1.54) is 13.2 Å². The number of ether oxygens (including phenoxy) is 1. The van der Waals surface area contributed by atoms with Gasteiger partial charge in [0, 0.05) is 23.8 Å². The van der Waals surface area contributed by atoms with Crippen molar-refractivity contribution in [3.63, 3.8) is 0 Å². The zero-order valence-electron chi connectivity index (χ0n) is 23.8. The van der Waals surface area contributed by atoms with Crippen molar-refractivity contribution in [2.75, 3.05) is 19.0 Å². The lowest BCUT2D eigenvalue weighted by Crippen LogP contribution is -2.55. The van der Waals surface area contributed by atoms with E-state index >= 15 is 0 Å². The number of aryl methyl sites for hydroxylation is 1. The fraction of sp³-hybridized carbons (Fsp3) is 0.406. The first-order valence-corrected chi connectivity index (χ1v) is 13.7. The molecule has 3 atom stereocenters. The summed E-state index contributed by atoms with van der Waals surface area (Å²) >= 11 is 0. The average Bonchev–Trinajstić information content (AvgIpc) is 2.92. The molecule has 7 nitrogen and oxygen atoms in total. The Labute approximate surface area is 235 Å². The van der Waals surface area contributed by atoms with Crippen molar-refractivity contribution in [2.45, 2.75) is 58.4 Å². The number of carbonyl (C=O) groups excluding carboxylic acids is 3. The summed E-state index contributed by atoms with van der Waals surface area (Å²) in [6, 6.07) is 11.8. The average molecular weight is 548 g/mol. The van der Waals surface area contributed by atoms with E-state index in [4.69, 9.17) is 4.74 Å². The number of amides is 3. The molecule has 2 aromatic carbocycles. The summed E-state index contributed by atoms with van der Waals surface area (Å²) in [6.45, 7) is 8.45. The first-order chi connectivity index (χ1) is 19.0. The highest BCUT2D eigenvalue weighted by molar-refractivity contribution is 5.98. The van der Waals surface area contributed by atoms with Crippen molar-refractivity contribution in [3.05, 3.63) is 88.9 Å². The predicted molar refractivity (Wildman–Crippen MR) is 153 cm³/mol. The second-order valence-corrected chi connectivity index (χ2v) is 11.6. The maximum absolute atomic E-state index is 14.9. The number of piperidine rings is 1. The van der Waals surface area contributed by atoms with Crippen LogP contribution < -0.4 is 10.6 Å². The summed E-state index contributed by atoms with van der Waals surface area (Å²) in [5, 5.41) is 5.81. The van der Waals surface area contributed by atoms with Gasteiger partial charge in [0.2, 0.25) is 5.91 Å². The number of hydrogen-bond donors (Lipinski definition) is 2. The van der Waals surface area contributed by atoms with Crippen molar-refractivity contribution in [1.82, 2.24) is 10.2 Å². The lowest BCUT2D eigenvalue weighted by atomic mass is 9.77. The number of alkyl carbamates (subject to hydrolysis) is 1. The summed E-state index contributed by atoms with van der Waals surface area (Å²) in [7, 11) is 1.29. The van der Waals surface area contributed by atoms with Gasteiger partial charge in [-0.15, -0.1) is 0 Å². The molecular formula is C32H38FN3O4. The topological polar surface area (TPSA) is 87.7 Å². The van der Waals surface area contributed by atoms with Crippen molar-refractivity contribution in [2.24, 2.45) is 11.8 Å². The zero-order valence-corrected chi connectivity index (χ0v) is 23.8. The van der Waals surface area contributed by atoms with E-state index in [1.54, 1.807) is 30.0 Å². The first-order valence-electron chi connectivity index (χ1n) is 13.7. The molecule has 212 valence electrons. The van der Waals surface area contributed by atoms with Gasteiger partial charge < -0.3 is 15.0 Å². The lowest BCUT2D eigenvalue weighted by molar-refractivity contribution is -0.123. The monoisotopic (exact) mass is 547 g/mol. The van der Waals surface area contributed by atoms with Gasteiger partial charge in [-0.25, -0.2) is 9.18 Å². The highest BCUT2D eigenvalue weighted by Crippen LogP contribution is 2.36. The molecule has 1 aliphatic carbocycles. The summed E-state index contributed by atoms with van der Waals surface area (Å²) in [5.74, 6) is -2.04. The van der Waals surface area contributed by atoms with E-state index in [2.05, 4.69) is 31.4 Å². The van der Waals surface area contributed by atoms with Gasteiger partial charge in [-0.1, -0.05) is 57.2 Å². The number of carbonyl (C=O) groups is 3. The van der Waals surface area contributed by atoms with Crippen molar-refractivity contribution in [1.29, 1.82) is 0 Å². The van der Waals surface area contributed by atoms with Gasteiger partial charge in [-0.3, -0.25) is 14.9 Å². The Morgan fingerprint density at radius 1 is 1.07 bits per heavy atom. The van der Waals surface area contributed by atoms with Crippen LogP contribution in [0.3, 0.4) is 0 Å². The predicted octanol–water partition coefficient (Wildman–Crippen LogP) is 6.11. The molecule has 1 fully saturated rings. The fourth-order valence-corrected chi connectivity index (χ4v) is 5.63. The molecule has 2 N–H and O–H groups in total. The Balaban J connectivity index is 1.68. The number of halogens is 1. The standard InChI is InChI=1S/C32H38FN3O4/c1-20-10-6-16-26(33)27(20)30(38)36-17-9-15-25(28(36)21-11-7-13-23(18-21)35-31(39)40-5)29(37)34-24-14-8-12-22(19-24)32(2,3)4/h6-8,10-14,16,19,21,25,28H,9,15,17-18H2,1-5H3,(H,34,37)(H,35,39)/t21?,25-,28-/m0/s1. The maximum atomic E-state index is 14.9. The minimum atomic E-state index is -0.591. The molecular weight excluding hydrogens is 509 g/mol. The van der Waals surface area contributed by atoms with Crippen LogP contribution in [0.1, 0.15) is 61.5 Å². The van der Waals surface area contributed by atoms with E-state index in [9.17, 15) is 18.8 Å². The SMILES string of the molecule is COC(=O)NC1=CC=CC([C@H]2[C@@H](C(=O)Nc3cccc(C(C)(C)C)c3)CCCN2C(=O)c2c(C)cccc2F)C1. The van der Waals surface area contributed by atoms with Crippen molar-refractivity contribution >= 4 is 23.6 Å². The summed E-state index contributed by atoms with van der Waals surface area (Å²) in [6.07, 6.45) is 6.52. The molecule has 0 radical (unpaired) electrons. The first kappa shape index (κ1) is 29.1. The van der Waals surface area contributed by atoms with Gasteiger partial charge in [0.1, 0.15) is 5.82 Å². The minimum Gasteiger partial charge on any atom is -0.453 e. The molecule has 4 rings (SSSR count). The molecule has 1 saturated heterocycles. The number of nitrogens with one attached hydrogen (secondary N) is 2.